The van der Waals surface area contributed by atoms with E-state index >= 15 is 0 Å². The van der Waals surface area contributed by atoms with E-state index in [9.17, 15) is 14.4 Å². The molecule has 0 heterocycles. The van der Waals surface area contributed by atoms with Crippen molar-refractivity contribution in [1.82, 2.24) is 0 Å². The van der Waals surface area contributed by atoms with Crippen LogP contribution in [-0.2, 0) is 28.6 Å². The number of ether oxygens (including phenoxy) is 3. The van der Waals surface area contributed by atoms with Gasteiger partial charge in [0.1, 0.15) is 13.2 Å². The van der Waals surface area contributed by atoms with E-state index in [-0.39, 0.29) is 31.1 Å². The van der Waals surface area contributed by atoms with E-state index < -0.39 is 6.10 Å². The standard InChI is InChI=1S/C73H130O6/c1-4-7-10-13-16-19-22-25-28-30-32-34-35-36-37-39-40-42-45-48-51-54-57-60-63-66-72(75)78-69-70(68-77-71(74)65-62-59-56-53-50-47-44-27-24-21-18-15-12-9-6-3)79-73(76)67-64-61-58-55-52-49-46-43-41-38-33-31-29-26-23-20-17-14-11-8-5-2/h9,12,18,21-22,25,27,30-33,44,70H,4-8,10-11,13-17,19-20,23-24,26,28-29,34-43,45-69H2,1-3H3/b12-9-,21-18-,25-22-,32-30-,33-31-,44-27-. The zero-order valence-corrected chi connectivity index (χ0v) is 52.6. The van der Waals surface area contributed by atoms with Crippen LogP contribution in [-0.4, -0.2) is 37.2 Å². The lowest BCUT2D eigenvalue weighted by Crippen LogP contribution is -2.30. The van der Waals surface area contributed by atoms with Gasteiger partial charge in [-0.15, -0.1) is 0 Å². The second-order valence-corrected chi connectivity index (χ2v) is 23.1. The lowest BCUT2D eigenvalue weighted by molar-refractivity contribution is -0.167. The highest BCUT2D eigenvalue weighted by molar-refractivity contribution is 5.71. The van der Waals surface area contributed by atoms with E-state index in [1.807, 2.05) is 0 Å². The summed E-state index contributed by atoms with van der Waals surface area (Å²) in [7, 11) is 0. The van der Waals surface area contributed by atoms with Gasteiger partial charge in [-0.05, 0) is 109 Å². The van der Waals surface area contributed by atoms with Gasteiger partial charge in [-0.1, -0.05) is 299 Å². The number of carbonyl (C=O) groups excluding carboxylic acids is 3. The first kappa shape index (κ1) is 75.8. The molecule has 0 fully saturated rings. The van der Waals surface area contributed by atoms with Crippen molar-refractivity contribution in [3.63, 3.8) is 0 Å². The van der Waals surface area contributed by atoms with Crippen molar-refractivity contribution in [1.29, 1.82) is 0 Å². The van der Waals surface area contributed by atoms with Gasteiger partial charge < -0.3 is 14.2 Å². The molecule has 0 saturated carbocycles. The minimum Gasteiger partial charge on any atom is -0.462 e. The van der Waals surface area contributed by atoms with Crippen molar-refractivity contribution in [3.8, 4) is 0 Å². The smallest absolute Gasteiger partial charge is 0.306 e. The summed E-state index contributed by atoms with van der Waals surface area (Å²) in [5, 5.41) is 0. The predicted octanol–water partition coefficient (Wildman–Crippen LogP) is 23.7. The molecule has 0 rings (SSSR count). The summed E-state index contributed by atoms with van der Waals surface area (Å²) >= 11 is 0. The largest absolute Gasteiger partial charge is 0.462 e. The molecule has 0 aromatic heterocycles. The Morgan fingerprint density at radius 3 is 0.785 bits per heavy atom. The second kappa shape index (κ2) is 67.4. The number of unbranched alkanes of at least 4 members (excludes halogenated alkanes) is 40. The Labute approximate surface area is 491 Å². The van der Waals surface area contributed by atoms with Gasteiger partial charge in [0.05, 0.1) is 0 Å². The molecule has 0 aromatic rings. The van der Waals surface area contributed by atoms with Gasteiger partial charge >= 0.3 is 17.9 Å². The summed E-state index contributed by atoms with van der Waals surface area (Å²) in [5.74, 6) is -0.882. The molecule has 458 valence electrons. The molecule has 0 saturated heterocycles. The molecular formula is C73H130O6. The van der Waals surface area contributed by atoms with Crippen molar-refractivity contribution < 1.29 is 28.6 Å². The molecule has 0 bridgehead atoms. The Hall–Kier alpha value is -3.15. The van der Waals surface area contributed by atoms with Crippen molar-refractivity contribution in [2.75, 3.05) is 13.2 Å². The Morgan fingerprint density at radius 2 is 0.494 bits per heavy atom. The van der Waals surface area contributed by atoms with Gasteiger partial charge in [0.2, 0.25) is 0 Å². The van der Waals surface area contributed by atoms with Gasteiger partial charge in [-0.2, -0.15) is 0 Å². The molecule has 79 heavy (non-hydrogen) atoms. The zero-order valence-electron chi connectivity index (χ0n) is 52.6. The summed E-state index contributed by atoms with van der Waals surface area (Å²) in [6, 6.07) is 0. The number of allylic oxidation sites excluding steroid dienone is 12. The summed E-state index contributed by atoms with van der Waals surface area (Å²) in [4.78, 5) is 38.4. The second-order valence-electron chi connectivity index (χ2n) is 23.1. The van der Waals surface area contributed by atoms with E-state index in [1.54, 1.807) is 0 Å². The van der Waals surface area contributed by atoms with Crippen molar-refractivity contribution in [3.05, 3.63) is 72.9 Å². The van der Waals surface area contributed by atoms with Crippen molar-refractivity contribution in [2.24, 2.45) is 0 Å². The number of hydrogen-bond acceptors (Lipinski definition) is 6. The lowest BCUT2D eigenvalue weighted by atomic mass is 10.0. The average molecular weight is 1100 g/mol. The molecule has 0 aromatic carbocycles. The lowest BCUT2D eigenvalue weighted by Gasteiger charge is -2.18. The Kier molecular flexibility index (Phi) is 64.7. The first-order valence-corrected chi connectivity index (χ1v) is 34.4. The van der Waals surface area contributed by atoms with Crippen LogP contribution < -0.4 is 0 Å². The van der Waals surface area contributed by atoms with Crippen molar-refractivity contribution >= 4 is 17.9 Å². The molecule has 1 atom stereocenters. The van der Waals surface area contributed by atoms with Crippen LogP contribution >= 0.6 is 0 Å². The summed E-state index contributed by atoms with van der Waals surface area (Å²) in [6.07, 6.45) is 87.8. The third-order valence-corrected chi connectivity index (χ3v) is 15.2. The fourth-order valence-electron chi connectivity index (χ4n) is 10.0. The van der Waals surface area contributed by atoms with Crippen LogP contribution in [0.3, 0.4) is 0 Å². The van der Waals surface area contributed by atoms with Gasteiger partial charge in [-0.25, -0.2) is 0 Å². The first-order valence-electron chi connectivity index (χ1n) is 34.4. The van der Waals surface area contributed by atoms with Gasteiger partial charge in [0, 0.05) is 19.3 Å². The first-order chi connectivity index (χ1) is 39.0. The molecule has 0 aliphatic heterocycles. The molecule has 0 N–H and O–H groups in total. The monoisotopic (exact) mass is 1100 g/mol. The maximum absolute atomic E-state index is 12.9. The topological polar surface area (TPSA) is 78.9 Å². The van der Waals surface area contributed by atoms with Crippen LogP contribution in [0.2, 0.25) is 0 Å². The molecular weight excluding hydrogens is 973 g/mol. The average Bonchev–Trinajstić information content (AvgIpc) is 3.45. The van der Waals surface area contributed by atoms with Crippen LogP contribution in [0.25, 0.3) is 0 Å². The van der Waals surface area contributed by atoms with E-state index in [0.717, 1.165) is 103 Å². The third-order valence-electron chi connectivity index (χ3n) is 15.2. The fraction of sp³-hybridized carbons (Fsp3) is 0.795. The number of hydrogen-bond donors (Lipinski definition) is 0. The van der Waals surface area contributed by atoms with Crippen LogP contribution in [0, 0.1) is 0 Å². The summed E-state index contributed by atoms with van der Waals surface area (Å²) in [5.41, 5.74) is 0. The zero-order chi connectivity index (χ0) is 57.1. The Bertz CT molecular complexity index is 1450. The maximum atomic E-state index is 12.9. The fourth-order valence-corrected chi connectivity index (χ4v) is 10.0. The van der Waals surface area contributed by atoms with Gasteiger partial charge in [0.15, 0.2) is 6.10 Å². The number of esters is 3. The van der Waals surface area contributed by atoms with Crippen molar-refractivity contribution in [2.45, 2.75) is 361 Å². The molecule has 0 radical (unpaired) electrons. The third kappa shape index (κ3) is 65.5. The van der Waals surface area contributed by atoms with Crippen LogP contribution in [0.1, 0.15) is 355 Å². The maximum Gasteiger partial charge on any atom is 0.306 e. The highest BCUT2D eigenvalue weighted by Gasteiger charge is 2.19. The molecule has 0 spiro atoms. The Morgan fingerprint density at radius 1 is 0.266 bits per heavy atom. The predicted molar refractivity (Wildman–Crippen MR) is 344 cm³/mol. The van der Waals surface area contributed by atoms with E-state index in [2.05, 4.69) is 93.7 Å². The van der Waals surface area contributed by atoms with E-state index in [0.29, 0.717) is 19.3 Å². The highest BCUT2D eigenvalue weighted by atomic mass is 16.6. The van der Waals surface area contributed by atoms with E-state index in [4.69, 9.17) is 14.2 Å². The van der Waals surface area contributed by atoms with Gasteiger partial charge in [0.25, 0.3) is 0 Å². The normalized spacial score (nSPS) is 12.5. The SMILES string of the molecule is CC/C=C\C/C=C\C/C=C\CCCCCCCC(=O)OCC(COC(=O)CCCCCCCCCCCCCCC/C=C\C/C=C\CCCCCCC)OC(=O)CCCCCCCCCCC/C=C\CCCCCCCCCC. The Balaban J connectivity index is 4.31. The van der Waals surface area contributed by atoms with E-state index in [1.165, 1.54) is 212 Å². The summed E-state index contributed by atoms with van der Waals surface area (Å²) in [6.45, 7) is 6.55. The molecule has 1 unspecified atom stereocenters. The quantitative estimate of drug-likeness (QED) is 0.0261. The van der Waals surface area contributed by atoms with Crippen LogP contribution in [0.4, 0.5) is 0 Å². The molecule has 6 nitrogen and oxygen atoms in total. The number of rotatable bonds is 63. The molecule has 0 amide bonds. The number of carbonyl (C=O) groups is 3. The van der Waals surface area contributed by atoms with Crippen LogP contribution in [0.5, 0.6) is 0 Å². The minimum absolute atomic E-state index is 0.0801. The molecule has 6 heteroatoms. The molecule has 0 aliphatic carbocycles. The van der Waals surface area contributed by atoms with Gasteiger partial charge in [-0.3, -0.25) is 14.4 Å². The highest BCUT2D eigenvalue weighted by Crippen LogP contribution is 2.17. The summed E-state index contributed by atoms with van der Waals surface area (Å²) < 4.78 is 17.0. The van der Waals surface area contributed by atoms with Crippen LogP contribution in [0.15, 0.2) is 72.9 Å². The molecule has 0 aliphatic rings. The minimum atomic E-state index is -0.785.